The van der Waals surface area contributed by atoms with Crippen LogP contribution in [0.5, 0.6) is 5.75 Å². The topological polar surface area (TPSA) is 41.6 Å². The number of rotatable bonds is 5. The first-order chi connectivity index (χ1) is 10.5. The molecule has 0 atom stereocenters. The zero-order valence-corrected chi connectivity index (χ0v) is 13.6. The molecule has 0 spiro atoms. The second-order valence-electron chi connectivity index (χ2n) is 5.08. The smallest absolute Gasteiger partial charge is 0.251 e. The molecule has 0 unspecified atom stereocenters. The number of carbonyl (C=O) groups is 1. The van der Waals surface area contributed by atoms with Gasteiger partial charge >= 0.3 is 0 Å². The molecule has 22 heavy (non-hydrogen) atoms. The zero-order chi connectivity index (χ0) is 16.1. The lowest BCUT2D eigenvalue weighted by molar-refractivity contribution is 0.0950. The van der Waals surface area contributed by atoms with Gasteiger partial charge in [-0.05, 0) is 36.4 Å². The zero-order valence-electron chi connectivity index (χ0n) is 12.9. The average molecular weight is 319 g/mol. The van der Waals surface area contributed by atoms with Crippen LogP contribution in [0.15, 0.2) is 42.5 Å². The SMILES string of the molecule is COc1ccc(Cl)cc1CNC(=O)c1cccc(N(C)C)c1. The number of hydrogen-bond donors (Lipinski definition) is 1. The van der Waals surface area contributed by atoms with Crippen LogP contribution in [0.4, 0.5) is 5.69 Å². The molecule has 0 heterocycles. The quantitative estimate of drug-likeness (QED) is 0.919. The summed E-state index contributed by atoms with van der Waals surface area (Å²) in [5, 5.41) is 3.50. The number of benzene rings is 2. The van der Waals surface area contributed by atoms with Crippen molar-refractivity contribution in [2.75, 3.05) is 26.1 Å². The summed E-state index contributed by atoms with van der Waals surface area (Å²) in [6.07, 6.45) is 0. The van der Waals surface area contributed by atoms with Gasteiger partial charge in [0.1, 0.15) is 5.75 Å². The number of methoxy groups -OCH3 is 1. The average Bonchev–Trinajstić information content (AvgIpc) is 2.52. The van der Waals surface area contributed by atoms with Crippen molar-refractivity contribution >= 4 is 23.2 Å². The van der Waals surface area contributed by atoms with Crippen LogP contribution in [0.2, 0.25) is 5.02 Å². The van der Waals surface area contributed by atoms with Crippen molar-refractivity contribution in [2.45, 2.75) is 6.54 Å². The van der Waals surface area contributed by atoms with Gasteiger partial charge in [-0.1, -0.05) is 17.7 Å². The highest BCUT2D eigenvalue weighted by atomic mass is 35.5. The van der Waals surface area contributed by atoms with Crippen LogP contribution < -0.4 is 15.0 Å². The minimum absolute atomic E-state index is 0.134. The molecule has 0 aliphatic heterocycles. The van der Waals surface area contributed by atoms with Crippen molar-refractivity contribution in [1.29, 1.82) is 0 Å². The van der Waals surface area contributed by atoms with E-state index in [-0.39, 0.29) is 5.91 Å². The fraction of sp³-hybridized carbons (Fsp3) is 0.235. The third-order valence-corrected chi connectivity index (χ3v) is 3.54. The number of carbonyl (C=O) groups excluding carboxylic acids is 1. The Labute approximate surface area is 135 Å². The third kappa shape index (κ3) is 3.92. The maximum absolute atomic E-state index is 12.3. The highest BCUT2D eigenvalue weighted by molar-refractivity contribution is 6.30. The number of hydrogen-bond acceptors (Lipinski definition) is 3. The van der Waals surface area contributed by atoms with Crippen molar-refractivity contribution in [3.63, 3.8) is 0 Å². The third-order valence-electron chi connectivity index (χ3n) is 3.31. The Morgan fingerprint density at radius 1 is 1.23 bits per heavy atom. The Hall–Kier alpha value is -2.20. The fourth-order valence-electron chi connectivity index (χ4n) is 2.09. The summed E-state index contributed by atoms with van der Waals surface area (Å²) in [4.78, 5) is 14.2. The molecule has 0 aliphatic rings. The Kier molecular flexibility index (Phi) is 5.28. The van der Waals surface area contributed by atoms with Crippen molar-refractivity contribution in [2.24, 2.45) is 0 Å². The summed E-state index contributed by atoms with van der Waals surface area (Å²) >= 11 is 5.99. The lowest BCUT2D eigenvalue weighted by atomic mass is 10.1. The van der Waals surface area contributed by atoms with Crippen LogP contribution in [-0.4, -0.2) is 27.1 Å². The highest BCUT2D eigenvalue weighted by Gasteiger charge is 2.09. The lowest BCUT2D eigenvalue weighted by Crippen LogP contribution is -2.23. The first-order valence-electron chi connectivity index (χ1n) is 6.89. The molecule has 116 valence electrons. The molecule has 2 aromatic carbocycles. The Bertz CT molecular complexity index is 671. The molecular weight excluding hydrogens is 300 g/mol. The molecule has 5 heteroatoms. The van der Waals surface area contributed by atoms with Gasteiger partial charge in [0.25, 0.3) is 5.91 Å². The van der Waals surface area contributed by atoms with Gasteiger partial charge in [-0.2, -0.15) is 0 Å². The van der Waals surface area contributed by atoms with Crippen LogP contribution in [0, 0.1) is 0 Å². The second-order valence-corrected chi connectivity index (χ2v) is 5.52. The predicted molar refractivity (Wildman–Crippen MR) is 89.9 cm³/mol. The Balaban J connectivity index is 2.10. The van der Waals surface area contributed by atoms with E-state index in [1.54, 1.807) is 31.4 Å². The van der Waals surface area contributed by atoms with Crippen molar-refractivity contribution in [3.05, 3.63) is 58.6 Å². The maximum Gasteiger partial charge on any atom is 0.251 e. The molecule has 0 radical (unpaired) electrons. The van der Waals surface area contributed by atoms with Gasteiger partial charge in [0.05, 0.1) is 7.11 Å². The summed E-state index contributed by atoms with van der Waals surface area (Å²) in [6.45, 7) is 0.356. The molecule has 1 amide bonds. The van der Waals surface area contributed by atoms with Crippen molar-refractivity contribution < 1.29 is 9.53 Å². The Morgan fingerprint density at radius 3 is 2.68 bits per heavy atom. The van der Waals surface area contributed by atoms with E-state index in [9.17, 15) is 4.79 Å². The molecule has 0 fully saturated rings. The van der Waals surface area contributed by atoms with Crippen LogP contribution in [0.3, 0.4) is 0 Å². The minimum atomic E-state index is -0.134. The van der Waals surface area contributed by atoms with Crippen LogP contribution >= 0.6 is 11.6 Å². The predicted octanol–water partition coefficient (Wildman–Crippen LogP) is 3.34. The highest BCUT2D eigenvalue weighted by Crippen LogP contribution is 2.22. The molecule has 0 aromatic heterocycles. The first-order valence-corrected chi connectivity index (χ1v) is 7.27. The molecular formula is C17H19ClN2O2. The number of anilines is 1. The Morgan fingerprint density at radius 2 is 2.00 bits per heavy atom. The van der Waals surface area contributed by atoms with Crippen molar-refractivity contribution in [3.8, 4) is 5.75 Å². The van der Waals surface area contributed by atoms with Gasteiger partial charge in [-0.15, -0.1) is 0 Å². The monoisotopic (exact) mass is 318 g/mol. The number of nitrogens with zero attached hydrogens (tertiary/aromatic N) is 1. The largest absolute Gasteiger partial charge is 0.496 e. The molecule has 0 bridgehead atoms. The van der Waals surface area contributed by atoms with Gasteiger partial charge in [-0.25, -0.2) is 0 Å². The number of nitrogens with one attached hydrogen (secondary N) is 1. The number of ether oxygens (including phenoxy) is 1. The van der Waals surface area contributed by atoms with E-state index in [0.29, 0.717) is 22.9 Å². The number of halogens is 1. The summed E-state index contributed by atoms with van der Waals surface area (Å²) in [5.41, 5.74) is 2.44. The van der Waals surface area contributed by atoms with Gasteiger partial charge in [-0.3, -0.25) is 4.79 Å². The van der Waals surface area contributed by atoms with E-state index in [2.05, 4.69) is 5.32 Å². The standard InChI is InChI=1S/C17H19ClN2O2/c1-20(2)15-6-4-5-12(10-15)17(21)19-11-13-9-14(18)7-8-16(13)22-3/h4-10H,11H2,1-3H3,(H,19,21). The summed E-state index contributed by atoms with van der Waals surface area (Å²) < 4.78 is 5.27. The van der Waals surface area contributed by atoms with Gasteiger partial charge in [0, 0.05) is 42.5 Å². The van der Waals surface area contributed by atoms with E-state index < -0.39 is 0 Å². The molecule has 0 aliphatic carbocycles. The second kappa shape index (κ2) is 7.18. The van der Waals surface area contributed by atoms with E-state index in [1.807, 2.05) is 37.2 Å². The van der Waals surface area contributed by atoms with E-state index in [4.69, 9.17) is 16.3 Å². The molecule has 1 N–H and O–H groups in total. The summed E-state index contributed by atoms with van der Waals surface area (Å²) in [5.74, 6) is 0.567. The van der Waals surface area contributed by atoms with Crippen LogP contribution in [-0.2, 0) is 6.54 Å². The number of amides is 1. The normalized spacial score (nSPS) is 10.2. The summed E-state index contributed by atoms with van der Waals surface area (Å²) in [7, 11) is 5.47. The minimum Gasteiger partial charge on any atom is -0.496 e. The fourth-order valence-corrected chi connectivity index (χ4v) is 2.28. The van der Waals surface area contributed by atoms with Crippen LogP contribution in [0.1, 0.15) is 15.9 Å². The van der Waals surface area contributed by atoms with E-state index >= 15 is 0 Å². The lowest BCUT2D eigenvalue weighted by Gasteiger charge is -2.14. The molecule has 0 saturated heterocycles. The van der Waals surface area contributed by atoms with Crippen molar-refractivity contribution in [1.82, 2.24) is 5.32 Å². The van der Waals surface area contributed by atoms with Gasteiger partial charge in [0.15, 0.2) is 0 Å². The van der Waals surface area contributed by atoms with E-state index in [0.717, 1.165) is 11.3 Å². The van der Waals surface area contributed by atoms with Crippen LogP contribution in [0.25, 0.3) is 0 Å². The maximum atomic E-state index is 12.3. The first kappa shape index (κ1) is 16.2. The molecule has 0 saturated carbocycles. The van der Waals surface area contributed by atoms with E-state index in [1.165, 1.54) is 0 Å². The molecule has 2 aromatic rings. The van der Waals surface area contributed by atoms with Gasteiger partial charge < -0.3 is 15.0 Å². The van der Waals surface area contributed by atoms with Gasteiger partial charge in [0.2, 0.25) is 0 Å². The molecule has 4 nitrogen and oxygen atoms in total. The summed E-state index contributed by atoms with van der Waals surface area (Å²) in [6, 6.07) is 12.8. The molecule has 2 rings (SSSR count).